The molecule has 0 spiro atoms. The number of aliphatic hydroxyl groups excluding tert-OH is 3. The van der Waals surface area contributed by atoms with Crippen LogP contribution in [0.15, 0.2) is 0 Å². The molecule has 2 aliphatic rings. The molecule has 2 rings (SSSR count). The Kier molecular flexibility index (Phi) is 11.4. The summed E-state index contributed by atoms with van der Waals surface area (Å²) in [6.07, 6.45) is -1.19. The Morgan fingerprint density at radius 1 is 1.15 bits per heavy atom. The SMILES string of the molecule is CC(C)OP(=O)(O)OC[C@@H]1C[C@@H](C)CC1C(=O)CCCCOC1OC(CO)C(O)C(O)C1C. The van der Waals surface area contributed by atoms with Crippen LogP contribution in [0, 0.1) is 23.7 Å². The molecular weight excluding hydrogens is 455 g/mol. The van der Waals surface area contributed by atoms with E-state index in [0.717, 1.165) is 12.8 Å². The van der Waals surface area contributed by atoms with E-state index >= 15 is 0 Å². The van der Waals surface area contributed by atoms with Gasteiger partial charge < -0.3 is 29.7 Å². The number of rotatable bonds is 13. The smallest absolute Gasteiger partial charge is 0.394 e. The highest BCUT2D eigenvalue weighted by Crippen LogP contribution is 2.47. The van der Waals surface area contributed by atoms with Gasteiger partial charge in [0.15, 0.2) is 6.29 Å². The average Bonchev–Trinajstić information content (AvgIpc) is 3.11. The highest BCUT2D eigenvalue weighted by Gasteiger charge is 2.42. The second-order valence-corrected chi connectivity index (χ2v) is 11.1. The third-order valence-corrected chi connectivity index (χ3v) is 7.59. The number of ketones is 1. The first-order valence-electron chi connectivity index (χ1n) is 11.9. The summed E-state index contributed by atoms with van der Waals surface area (Å²) in [5.41, 5.74) is 0. The van der Waals surface area contributed by atoms with Crippen LogP contribution in [0.5, 0.6) is 0 Å². The lowest BCUT2D eigenvalue weighted by molar-refractivity contribution is -0.282. The van der Waals surface area contributed by atoms with Crippen molar-refractivity contribution in [3.05, 3.63) is 0 Å². The summed E-state index contributed by atoms with van der Waals surface area (Å²) in [6.45, 7) is 6.98. The molecule has 1 saturated heterocycles. The molecule has 2 fully saturated rings. The van der Waals surface area contributed by atoms with E-state index in [2.05, 4.69) is 6.92 Å². The molecule has 1 aliphatic carbocycles. The molecule has 1 heterocycles. The van der Waals surface area contributed by atoms with Crippen molar-refractivity contribution in [2.75, 3.05) is 19.8 Å². The van der Waals surface area contributed by atoms with Crippen molar-refractivity contribution in [3.8, 4) is 0 Å². The Bertz CT molecular complexity index is 657. The summed E-state index contributed by atoms with van der Waals surface area (Å²) in [7, 11) is -4.13. The molecular formula is C22H41O10P. The lowest BCUT2D eigenvalue weighted by Crippen LogP contribution is -2.55. The van der Waals surface area contributed by atoms with Gasteiger partial charge in [-0.1, -0.05) is 13.8 Å². The van der Waals surface area contributed by atoms with Crippen LogP contribution in [-0.2, 0) is 27.9 Å². The maximum Gasteiger partial charge on any atom is 0.472 e. The Morgan fingerprint density at radius 2 is 1.85 bits per heavy atom. The fourth-order valence-corrected chi connectivity index (χ4v) is 5.64. The number of unbranched alkanes of at least 4 members (excludes halogenated alkanes) is 1. The Hall–Kier alpha value is -0.420. The molecule has 0 aromatic heterocycles. The largest absolute Gasteiger partial charge is 0.472 e. The molecule has 0 radical (unpaired) electrons. The van der Waals surface area contributed by atoms with Gasteiger partial charge in [0.1, 0.15) is 18.0 Å². The van der Waals surface area contributed by atoms with Gasteiger partial charge in [0.05, 0.1) is 25.4 Å². The predicted molar refractivity (Wildman–Crippen MR) is 119 cm³/mol. The number of ether oxygens (including phenoxy) is 2. The number of phosphoric acid groups is 1. The minimum atomic E-state index is -4.13. The van der Waals surface area contributed by atoms with Crippen LogP contribution >= 0.6 is 7.82 Å². The van der Waals surface area contributed by atoms with Gasteiger partial charge >= 0.3 is 7.82 Å². The van der Waals surface area contributed by atoms with Gasteiger partial charge in [-0.15, -0.1) is 0 Å². The molecule has 4 N–H and O–H groups in total. The van der Waals surface area contributed by atoms with Crippen LogP contribution in [0.1, 0.15) is 59.8 Å². The molecule has 1 aliphatic heterocycles. The summed E-state index contributed by atoms with van der Waals surface area (Å²) in [5.74, 6) is -0.311. The summed E-state index contributed by atoms with van der Waals surface area (Å²) in [4.78, 5) is 22.6. The van der Waals surface area contributed by atoms with Crippen molar-refractivity contribution in [1.82, 2.24) is 0 Å². The molecule has 0 aromatic carbocycles. The zero-order valence-electron chi connectivity index (χ0n) is 20.0. The van der Waals surface area contributed by atoms with Crippen molar-refractivity contribution in [2.24, 2.45) is 23.7 Å². The number of carbonyl (C=O) groups excluding carboxylic acids is 1. The van der Waals surface area contributed by atoms with Gasteiger partial charge in [-0.25, -0.2) is 4.57 Å². The van der Waals surface area contributed by atoms with Crippen LogP contribution in [0.4, 0.5) is 0 Å². The molecule has 33 heavy (non-hydrogen) atoms. The monoisotopic (exact) mass is 496 g/mol. The van der Waals surface area contributed by atoms with Crippen molar-refractivity contribution < 1.29 is 48.1 Å². The van der Waals surface area contributed by atoms with Gasteiger partial charge in [-0.2, -0.15) is 0 Å². The van der Waals surface area contributed by atoms with Crippen molar-refractivity contribution in [2.45, 2.75) is 90.5 Å². The average molecular weight is 497 g/mol. The third kappa shape index (κ3) is 8.63. The third-order valence-electron chi connectivity index (χ3n) is 6.43. The topological polar surface area (TPSA) is 152 Å². The van der Waals surface area contributed by atoms with Gasteiger partial charge in [0.2, 0.25) is 0 Å². The van der Waals surface area contributed by atoms with E-state index in [1.165, 1.54) is 0 Å². The Morgan fingerprint density at radius 3 is 2.48 bits per heavy atom. The predicted octanol–water partition coefficient (Wildman–Crippen LogP) is 2.02. The zero-order valence-corrected chi connectivity index (χ0v) is 20.9. The Balaban J connectivity index is 1.74. The maximum absolute atomic E-state index is 12.8. The summed E-state index contributed by atoms with van der Waals surface area (Å²) < 4.78 is 33.3. The summed E-state index contributed by atoms with van der Waals surface area (Å²) in [5, 5.41) is 29.3. The maximum atomic E-state index is 12.8. The summed E-state index contributed by atoms with van der Waals surface area (Å²) in [6, 6.07) is 0. The van der Waals surface area contributed by atoms with Crippen molar-refractivity contribution >= 4 is 13.6 Å². The second kappa shape index (κ2) is 13.0. The van der Waals surface area contributed by atoms with Crippen molar-refractivity contribution in [3.63, 3.8) is 0 Å². The van der Waals surface area contributed by atoms with E-state index in [4.69, 9.17) is 18.5 Å². The number of phosphoric ester groups is 1. The highest BCUT2D eigenvalue weighted by molar-refractivity contribution is 7.47. The van der Waals surface area contributed by atoms with Crippen LogP contribution in [-0.4, -0.2) is 76.5 Å². The first-order chi connectivity index (χ1) is 15.4. The first-order valence-corrected chi connectivity index (χ1v) is 13.4. The number of carbonyl (C=O) groups is 1. The molecule has 0 aromatic rings. The summed E-state index contributed by atoms with van der Waals surface area (Å²) >= 11 is 0. The minimum Gasteiger partial charge on any atom is -0.394 e. The van der Waals surface area contributed by atoms with E-state index in [1.807, 2.05) is 0 Å². The fraction of sp³-hybridized carbons (Fsp3) is 0.955. The standard InChI is InChI=1S/C22H41O10P/c1-13(2)32-33(27,28)30-12-16-9-14(3)10-17(16)18(24)7-5-6-8-29-22-15(4)20(25)21(26)19(11-23)31-22/h13-17,19-23,25-26H,5-12H2,1-4H3,(H,27,28)/t14-,15?,16+,17?,19?,20?,21?,22?/m1/s1. The molecule has 10 nitrogen and oxygen atoms in total. The van der Waals surface area contributed by atoms with Crippen molar-refractivity contribution in [1.29, 1.82) is 0 Å². The van der Waals surface area contributed by atoms with Crippen LogP contribution in [0.3, 0.4) is 0 Å². The van der Waals surface area contributed by atoms with Gasteiger partial charge in [0, 0.05) is 24.9 Å². The van der Waals surface area contributed by atoms with Gasteiger partial charge in [0.25, 0.3) is 0 Å². The van der Waals surface area contributed by atoms with E-state index < -0.39 is 51.1 Å². The van der Waals surface area contributed by atoms with E-state index in [9.17, 15) is 29.6 Å². The zero-order chi connectivity index (χ0) is 24.8. The van der Waals surface area contributed by atoms with E-state index in [0.29, 0.717) is 31.8 Å². The molecule has 9 atom stereocenters. The number of hydrogen-bond donors (Lipinski definition) is 4. The number of hydrogen-bond acceptors (Lipinski definition) is 9. The normalized spacial score (nSPS) is 36.8. The molecule has 11 heteroatoms. The van der Waals surface area contributed by atoms with E-state index in [1.54, 1.807) is 20.8 Å². The number of Topliss-reactive ketones (excluding diaryl/α,β-unsaturated/α-hetero) is 1. The Labute approximate surface area is 196 Å². The molecule has 0 amide bonds. The van der Waals surface area contributed by atoms with E-state index in [-0.39, 0.29) is 24.2 Å². The molecule has 1 saturated carbocycles. The van der Waals surface area contributed by atoms with Crippen LogP contribution in [0.25, 0.3) is 0 Å². The van der Waals surface area contributed by atoms with Gasteiger partial charge in [-0.05, 0) is 51.4 Å². The number of aliphatic hydroxyl groups is 3. The molecule has 0 bridgehead atoms. The lowest BCUT2D eigenvalue weighted by Gasteiger charge is -2.40. The minimum absolute atomic E-state index is 0.0153. The fourth-order valence-electron chi connectivity index (χ4n) is 4.67. The second-order valence-electron chi connectivity index (χ2n) is 9.72. The highest BCUT2D eigenvalue weighted by atomic mass is 31.2. The first kappa shape index (κ1) is 28.8. The molecule has 194 valence electrons. The van der Waals surface area contributed by atoms with Crippen LogP contribution in [0.2, 0.25) is 0 Å². The molecule has 7 unspecified atom stereocenters. The quantitative estimate of drug-likeness (QED) is 0.220. The van der Waals surface area contributed by atoms with Gasteiger partial charge in [-0.3, -0.25) is 13.8 Å². The van der Waals surface area contributed by atoms with Crippen LogP contribution < -0.4 is 0 Å². The lowest BCUT2D eigenvalue weighted by atomic mass is 9.90.